The summed E-state index contributed by atoms with van der Waals surface area (Å²) < 4.78 is 0. The summed E-state index contributed by atoms with van der Waals surface area (Å²) in [6.45, 7) is 11.2. The second kappa shape index (κ2) is 7.78. The molecular formula is C15H25NS. The van der Waals surface area contributed by atoms with Gasteiger partial charge in [0.15, 0.2) is 0 Å². The van der Waals surface area contributed by atoms with Crippen molar-refractivity contribution >= 4 is 11.8 Å². The minimum atomic E-state index is 0.630. The van der Waals surface area contributed by atoms with Gasteiger partial charge < -0.3 is 5.32 Å². The van der Waals surface area contributed by atoms with Gasteiger partial charge in [-0.15, -0.1) is 11.8 Å². The smallest absolute Gasteiger partial charge is 0.0191 e. The molecule has 1 aromatic carbocycles. The molecule has 1 unspecified atom stereocenters. The van der Waals surface area contributed by atoms with Crippen molar-refractivity contribution in [2.45, 2.75) is 44.3 Å². The van der Waals surface area contributed by atoms with Gasteiger partial charge >= 0.3 is 0 Å². The summed E-state index contributed by atoms with van der Waals surface area (Å²) in [5.74, 6) is 0.794. The predicted molar refractivity (Wildman–Crippen MR) is 78.8 cm³/mol. The van der Waals surface area contributed by atoms with Crippen LogP contribution in [0.1, 0.15) is 32.8 Å². The number of aryl methyl sites for hydroxylation is 1. The SMILES string of the molecule is Cc1ccc(SC(C)CNCCC(C)C)cc1. The lowest BCUT2D eigenvalue weighted by Gasteiger charge is -2.13. The molecule has 17 heavy (non-hydrogen) atoms. The van der Waals surface area contributed by atoms with E-state index in [-0.39, 0.29) is 0 Å². The summed E-state index contributed by atoms with van der Waals surface area (Å²) >= 11 is 1.95. The Morgan fingerprint density at radius 2 is 1.76 bits per heavy atom. The van der Waals surface area contributed by atoms with Gasteiger partial charge in [-0.25, -0.2) is 0 Å². The largest absolute Gasteiger partial charge is 0.316 e. The molecule has 2 heteroatoms. The first kappa shape index (κ1) is 14.6. The summed E-state index contributed by atoms with van der Waals surface area (Å²) in [7, 11) is 0. The number of hydrogen-bond acceptors (Lipinski definition) is 2. The fraction of sp³-hybridized carbons (Fsp3) is 0.600. The molecule has 1 N–H and O–H groups in total. The summed E-state index contributed by atoms with van der Waals surface area (Å²) in [4.78, 5) is 1.37. The van der Waals surface area contributed by atoms with E-state index in [2.05, 4.69) is 57.3 Å². The molecule has 0 radical (unpaired) electrons. The molecule has 0 saturated carbocycles. The van der Waals surface area contributed by atoms with Crippen LogP contribution in [0.4, 0.5) is 0 Å². The Kier molecular flexibility index (Phi) is 6.68. The highest BCUT2D eigenvalue weighted by Gasteiger charge is 2.04. The second-order valence-electron chi connectivity index (χ2n) is 5.13. The third kappa shape index (κ3) is 6.75. The fourth-order valence-corrected chi connectivity index (χ4v) is 2.55. The Hall–Kier alpha value is -0.470. The van der Waals surface area contributed by atoms with E-state index in [4.69, 9.17) is 0 Å². The van der Waals surface area contributed by atoms with Crippen molar-refractivity contribution in [3.63, 3.8) is 0 Å². The van der Waals surface area contributed by atoms with Crippen LogP contribution in [0, 0.1) is 12.8 Å². The van der Waals surface area contributed by atoms with Crippen LogP contribution in [0.5, 0.6) is 0 Å². The maximum Gasteiger partial charge on any atom is 0.0191 e. The first-order chi connectivity index (χ1) is 8.08. The first-order valence-corrected chi connectivity index (χ1v) is 7.40. The quantitative estimate of drug-likeness (QED) is 0.578. The normalized spacial score (nSPS) is 13.0. The van der Waals surface area contributed by atoms with Crippen molar-refractivity contribution in [3.8, 4) is 0 Å². The molecule has 1 rings (SSSR count). The van der Waals surface area contributed by atoms with Crippen LogP contribution >= 0.6 is 11.8 Å². The average Bonchev–Trinajstić information content (AvgIpc) is 2.27. The van der Waals surface area contributed by atoms with Gasteiger partial charge in [0.2, 0.25) is 0 Å². The van der Waals surface area contributed by atoms with Crippen LogP contribution in [0.3, 0.4) is 0 Å². The number of benzene rings is 1. The molecule has 0 heterocycles. The van der Waals surface area contributed by atoms with Crippen molar-refractivity contribution < 1.29 is 0 Å². The molecule has 0 aliphatic carbocycles. The van der Waals surface area contributed by atoms with E-state index in [1.165, 1.54) is 16.9 Å². The Balaban J connectivity index is 2.20. The van der Waals surface area contributed by atoms with Crippen molar-refractivity contribution in [1.29, 1.82) is 0 Å². The van der Waals surface area contributed by atoms with E-state index in [0.29, 0.717) is 5.25 Å². The zero-order chi connectivity index (χ0) is 12.7. The lowest BCUT2D eigenvalue weighted by Crippen LogP contribution is -2.24. The molecule has 1 nitrogen and oxygen atoms in total. The Morgan fingerprint density at radius 1 is 1.12 bits per heavy atom. The van der Waals surface area contributed by atoms with Gasteiger partial charge in [-0.1, -0.05) is 38.5 Å². The van der Waals surface area contributed by atoms with Gasteiger partial charge in [-0.3, -0.25) is 0 Å². The van der Waals surface area contributed by atoms with Crippen molar-refractivity contribution in [3.05, 3.63) is 29.8 Å². The van der Waals surface area contributed by atoms with Crippen LogP contribution < -0.4 is 5.32 Å². The van der Waals surface area contributed by atoms with E-state index < -0.39 is 0 Å². The molecule has 1 atom stereocenters. The lowest BCUT2D eigenvalue weighted by atomic mass is 10.1. The number of nitrogens with one attached hydrogen (secondary N) is 1. The second-order valence-corrected chi connectivity index (χ2v) is 6.64. The topological polar surface area (TPSA) is 12.0 Å². The van der Waals surface area contributed by atoms with Gasteiger partial charge in [0.25, 0.3) is 0 Å². The zero-order valence-corrected chi connectivity index (χ0v) is 12.3. The van der Waals surface area contributed by atoms with Crippen molar-refractivity contribution in [1.82, 2.24) is 5.32 Å². The van der Waals surface area contributed by atoms with Gasteiger partial charge in [0.1, 0.15) is 0 Å². The summed E-state index contributed by atoms with van der Waals surface area (Å²) in [6.07, 6.45) is 1.27. The Labute approximate surface area is 110 Å². The molecule has 0 bridgehead atoms. The maximum absolute atomic E-state index is 3.53. The number of hydrogen-bond donors (Lipinski definition) is 1. The van der Waals surface area contributed by atoms with Crippen LogP contribution in [-0.2, 0) is 0 Å². The highest BCUT2D eigenvalue weighted by molar-refractivity contribution is 8.00. The highest BCUT2D eigenvalue weighted by atomic mass is 32.2. The molecule has 0 aliphatic heterocycles. The van der Waals surface area contributed by atoms with Gasteiger partial charge in [0.05, 0.1) is 0 Å². The van der Waals surface area contributed by atoms with E-state index >= 15 is 0 Å². The van der Waals surface area contributed by atoms with Crippen LogP contribution in [0.15, 0.2) is 29.2 Å². The minimum Gasteiger partial charge on any atom is -0.316 e. The molecule has 0 amide bonds. The molecular weight excluding hydrogens is 226 g/mol. The molecule has 96 valence electrons. The van der Waals surface area contributed by atoms with E-state index in [0.717, 1.165) is 19.0 Å². The monoisotopic (exact) mass is 251 g/mol. The average molecular weight is 251 g/mol. The molecule has 0 spiro atoms. The first-order valence-electron chi connectivity index (χ1n) is 6.52. The maximum atomic E-state index is 3.53. The molecule has 1 aromatic rings. The van der Waals surface area contributed by atoms with Crippen LogP contribution in [0.25, 0.3) is 0 Å². The van der Waals surface area contributed by atoms with Gasteiger partial charge in [-0.2, -0.15) is 0 Å². The zero-order valence-electron chi connectivity index (χ0n) is 11.5. The third-order valence-electron chi connectivity index (χ3n) is 2.69. The summed E-state index contributed by atoms with van der Waals surface area (Å²) in [6, 6.07) is 8.79. The molecule has 0 aromatic heterocycles. The minimum absolute atomic E-state index is 0.630. The van der Waals surface area contributed by atoms with Gasteiger partial charge in [0, 0.05) is 16.7 Å². The predicted octanol–water partition coefficient (Wildman–Crippen LogP) is 4.11. The number of thioether (sulfide) groups is 1. The van der Waals surface area contributed by atoms with Crippen molar-refractivity contribution in [2.24, 2.45) is 5.92 Å². The van der Waals surface area contributed by atoms with Crippen LogP contribution in [-0.4, -0.2) is 18.3 Å². The standard InChI is InChI=1S/C15H25NS/c1-12(2)9-10-16-11-14(4)17-15-7-5-13(3)6-8-15/h5-8,12,14,16H,9-11H2,1-4H3. The summed E-state index contributed by atoms with van der Waals surface area (Å²) in [5, 5.41) is 4.16. The Morgan fingerprint density at radius 3 is 2.35 bits per heavy atom. The fourth-order valence-electron chi connectivity index (χ4n) is 1.59. The van der Waals surface area contributed by atoms with E-state index in [9.17, 15) is 0 Å². The molecule has 0 saturated heterocycles. The van der Waals surface area contributed by atoms with Crippen LogP contribution in [0.2, 0.25) is 0 Å². The number of rotatable bonds is 7. The molecule has 0 aliphatic rings. The Bertz CT molecular complexity index is 305. The van der Waals surface area contributed by atoms with Gasteiger partial charge in [-0.05, 0) is 37.9 Å². The lowest BCUT2D eigenvalue weighted by molar-refractivity contribution is 0.539. The molecule has 0 fully saturated rings. The van der Waals surface area contributed by atoms with Crippen molar-refractivity contribution in [2.75, 3.05) is 13.1 Å². The van der Waals surface area contributed by atoms with E-state index in [1.54, 1.807) is 0 Å². The highest BCUT2D eigenvalue weighted by Crippen LogP contribution is 2.22. The van der Waals surface area contributed by atoms with E-state index in [1.807, 2.05) is 11.8 Å². The third-order valence-corrected chi connectivity index (χ3v) is 3.80. The summed E-state index contributed by atoms with van der Waals surface area (Å²) in [5.41, 5.74) is 1.33.